The molecular formula is C16H12BrClN2O2. The van der Waals surface area contributed by atoms with Crippen molar-refractivity contribution >= 4 is 50.7 Å². The number of fused-ring (bicyclic) bond motifs is 1. The van der Waals surface area contributed by atoms with Crippen molar-refractivity contribution in [2.45, 2.75) is 6.92 Å². The predicted molar refractivity (Wildman–Crippen MR) is 90.6 cm³/mol. The number of halogens is 2. The van der Waals surface area contributed by atoms with E-state index in [0.29, 0.717) is 22.0 Å². The van der Waals surface area contributed by atoms with E-state index in [-0.39, 0.29) is 18.4 Å². The summed E-state index contributed by atoms with van der Waals surface area (Å²) in [6.07, 6.45) is 0. The second-order valence-electron chi connectivity index (χ2n) is 5.06. The third kappa shape index (κ3) is 2.74. The zero-order valence-corrected chi connectivity index (χ0v) is 14.0. The van der Waals surface area contributed by atoms with Crippen molar-refractivity contribution in [3.63, 3.8) is 0 Å². The van der Waals surface area contributed by atoms with Gasteiger partial charge < -0.3 is 5.32 Å². The molecule has 0 aliphatic carbocycles. The molecule has 0 spiro atoms. The number of amides is 2. The third-order valence-corrected chi connectivity index (χ3v) is 4.22. The minimum atomic E-state index is -0.219. The lowest BCUT2D eigenvalue weighted by molar-refractivity contribution is -0.115. The molecular weight excluding hydrogens is 368 g/mol. The van der Waals surface area contributed by atoms with E-state index >= 15 is 0 Å². The van der Waals surface area contributed by atoms with Crippen molar-refractivity contribution in [2.75, 3.05) is 16.8 Å². The Kier molecular flexibility index (Phi) is 3.93. The zero-order valence-electron chi connectivity index (χ0n) is 11.7. The van der Waals surface area contributed by atoms with Crippen LogP contribution in [-0.2, 0) is 4.79 Å². The summed E-state index contributed by atoms with van der Waals surface area (Å²) in [7, 11) is 0. The average Bonchev–Trinajstić information content (AvgIpc) is 2.46. The first kappa shape index (κ1) is 15.1. The number of hydrogen-bond donors (Lipinski definition) is 1. The number of nitrogens with zero attached hydrogens (tertiary/aromatic N) is 1. The lowest BCUT2D eigenvalue weighted by Crippen LogP contribution is -2.42. The largest absolute Gasteiger partial charge is 0.323 e. The molecule has 112 valence electrons. The van der Waals surface area contributed by atoms with Crippen LogP contribution < -0.4 is 10.2 Å². The van der Waals surface area contributed by atoms with Crippen LogP contribution >= 0.6 is 27.5 Å². The number of rotatable bonds is 1. The molecule has 1 heterocycles. The molecule has 0 fully saturated rings. The summed E-state index contributed by atoms with van der Waals surface area (Å²) in [4.78, 5) is 26.2. The summed E-state index contributed by atoms with van der Waals surface area (Å²) in [6, 6.07) is 10.5. The van der Waals surface area contributed by atoms with Crippen molar-refractivity contribution < 1.29 is 9.59 Å². The van der Waals surface area contributed by atoms with Crippen molar-refractivity contribution in [3.05, 3.63) is 57.0 Å². The number of carbonyl (C=O) groups excluding carboxylic acids is 2. The molecule has 2 amide bonds. The van der Waals surface area contributed by atoms with Crippen LogP contribution in [0, 0.1) is 6.92 Å². The molecule has 0 bridgehead atoms. The number of aryl methyl sites for hydroxylation is 1. The number of nitrogens with one attached hydrogen (secondary N) is 1. The first-order chi connectivity index (χ1) is 10.5. The standard InChI is InChI=1S/C16H12BrClN2O2/c1-9-6-11(18)3-4-12(9)16(22)20-8-15(21)19-13-5-2-10(17)7-14(13)20/h2-7H,8H2,1H3,(H,19,21). The highest BCUT2D eigenvalue weighted by atomic mass is 79.9. The van der Waals surface area contributed by atoms with Crippen LogP contribution in [0.5, 0.6) is 0 Å². The van der Waals surface area contributed by atoms with Crippen LogP contribution in [0.25, 0.3) is 0 Å². The Hall–Kier alpha value is -1.85. The first-order valence-corrected chi connectivity index (χ1v) is 7.80. The molecule has 2 aromatic carbocycles. The summed E-state index contributed by atoms with van der Waals surface area (Å²) in [5, 5.41) is 3.35. The van der Waals surface area contributed by atoms with Gasteiger partial charge in [0.2, 0.25) is 5.91 Å². The van der Waals surface area contributed by atoms with E-state index in [2.05, 4.69) is 21.2 Å². The molecule has 4 nitrogen and oxygen atoms in total. The van der Waals surface area contributed by atoms with Gasteiger partial charge in [0.15, 0.2) is 0 Å². The molecule has 0 atom stereocenters. The summed E-state index contributed by atoms with van der Waals surface area (Å²) >= 11 is 9.33. The quantitative estimate of drug-likeness (QED) is 0.814. The van der Waals surface area contributed by atoms with Gasteiger partial charge in [0.1, 0.15) is 6.54 Å². The van der Waals surface area contributed by atoms with Crippen LogP contribution in [0.4, 0.5) is 11.4 Å². The highest BCUT2D eigenvalue weighted by molar-refractivity contribution is 9.10. The van der Waals surface area contributed by atoms with Crippen LogP contribution in [0.3, 0.4) is 0 Å². The Balaban J connectivity index is 2.06. The van der Waals surface area contributed by atoms with E-state index in [0.717, 1.165) is 10.0 Å². The Morgan fingerprint density at radius 1 is 1.27 bits per heavy atom. The van der Waals surface area contributed by atoms with E-state index in [4.69, 9.17) is 11.6 Å². The van der Waals surface area contributed by atoms with Crippen molar-refractivity contribution in [3.8, 4) is 0 Å². The van der Waals surface area contributed by atoms with E-state index < -0.39 is 0 Å². The zero-order chi connectivity index (χ0) is 15.9. The van der Waals surface area contributed by atoms with Gasteiger partial charge in [-0.15, -0.1) is 0 Å². The van der Waals surface area contributed by atoms with Crippen molar-refractivity contribution in [1.29, 1.82) is 0 Å². The maximum atomic E-state index is 12.8. The predicted octanol–water partition coefficient (Wildman–Crippen LogP) is 4.01. The topological polar surface area (TPSA) is 49.4 Å². The normalized spacial score (nSPS) is 13.6. The van der Waals surface area contributed by atoms with Gasteiger partial charge in [0.05, 0.1) is 11.4 Å². The Morgan fingerprint density at radius 3 is 2.77 bits per heavy atom. The van der Waals surface area contributed by atoms with Crippen molar-refractivity contribution in [1.82, 2.24) is 0 Å². The Bertz CT molecular complexity index is 792. The average molecular weight is 380 g/mol. The molecule has 6 heteroatoms. The lowest BCUT2D eigenvalue weighted by atomic mass is 10.1. The fourth-order valence-electron chi connectivity index (χ4n) is 2.45. The van der Waals surface area contributed by atoms with Crippen LogP contribution in [0.1, 0.15) is 15.9 Å². The lowest BCUT2D eigenvalue weighted by Gasteiger charge is -2.29. The fourth-order valence-corrected chi connectivity index (χ4v) is 3.02. The van der Waals surface area contributed by atoms with Gasteiger partial charge in [-0.25, -0.2) is 0 Å². The minimum absolute atomic E-state index is 0.00957. The van der Waals surface area contributed by atoms with E-state index in [1.807, 2.05) is 19.1 Å². The second kappa shape index (κ2) is 5.74. The highest BCUT2D eigenvalue weighted by Gasteiger charge is 2.28. The van der Waals surface area contributed by atoms with Crippen LogP contribution in [0.15, 0.2) is 40.9 Å². The Morgan fingerprint density at radius 2 is 2.05 bits per heavy atom. The maximum absolute atomic E-state index is 12.8. The summed E-state index contributed by atoms with van der Waals surface area (Å²) in [5.74, 6) is -0.432. The fraction of sp³-hybridized carbons (Fsp3) is 0.125. The monoisotopic (exact) mass is 378 g/mol. The molecule has 0 aromatic heterocycles. The smallest absolute Gasteiger partial charge is 0.259 e. The molecule has 22 heavy (non-hydrogen) atoms. The van der Waals surface area contributed by atoms with Crippen molar-refractivity contribution in [2.24, 2.45) is 0 Å². The summed E-state index contributed by atoms with van der Waals surface area (Å²) in [6.45, 7) is 1.81. The Labute approximate surface area is 141 Å². The van der Waals surface area contributed by atoms with Crippen LogP contribution in [0.2, 0.25) is 5.02 Å². The van der Waals surface area contributed by atoms with Gasteiger partial charge in [-0.2, -0.15) is 0 Å². The van der Waals surface area contributed by atoms with Gasteiger partial charge in [-0.3, -0.25) is 14.5 Å². The molecule has 0 radical (unpaired) electrons. The molecule has 1 aliphatic heterocycles. The molecule has 0 saturated heterocycles. The van der Waals surface area contributed by atoms with E-state index in [9.17, 15) is 9.59 Å². The molecule has 0 unspecified atom stereocenters. The molecule has 1 N–H and O–H groups in total. The van der Waals surface area contributed by atoms with Gasteiger partial charge in [0, 0.05) is 15.1 Å². The molecule has 0 saturated carbocycles. The number of benzene rings is 2. The first-order valence-electron chi connectivity index (χ1n) is 6.63. The van der Waals surface area contributed by atoms with E-state index in [1.54, 1.807) is 24.3 Å². The maximum Gasteiger partial charge on any atom is 0.259 e. The van der Waals surface area contributed by atoms with Gasteiger partial charge >= 0.3 is 0 Å². The van der Waals surface area contributed by atoms with Gasteiger partial charge in [-0.1, -0.05) is 27.5 Å². The van der Waals surface area contributed by atoms with Gasteiger partial charge in [0.25, 0.3) is 5.91 Å². The highest BCUT2D eigenvalue weighted by Crippen LogP contribution is 2.33. The van der Waals surface area contributed by atoms with Crippen LogP contribution in [-0.4, -0.2) is 18.4 Å². The molecule has 3 rings (SSSR count). The van der Waals surface area contributed by atoms with Gasteiger partial charge in [-0.05, 0) is 48.9 Å². The third-order valence-electron chi connectivity index (χ3n) is 3.49. The summed E-state index contributed by atoms with van der Waals surface area (Å²) in [5.41, 5.74) is 2.61. The molecule has 2 aromatic rings. The second-order valence-corrected chi connectivity index (χ2v) is 6.41. The number of carbonyl (C=O) groups is 2. The number of hydrogen-bond acceptors (Lipinski definition) is 2. The molecule has 1 aliphatic rings. The minimum Gasteiger partial charge on any atom is -0.323 e. The SMILES string of the molecule is Cc1cc(Cl)ccc1C(=O)N1CC(=O)Nc2ccc(Br)cc21. The summed E-state index contributed by atoms with van der Waals surface area (Å²) < 4.78 is 0.841. The number of anilines is 2. The van der Waals surface area contributed by atoms with E-state index in [1.165, 1.54) is 4.90 Å².